The number of halogens is 4. The maximum Gasteiger partial charge on any atom is 0.433 e. The van der Waals surface area contributed by atoms with Gasteiger partial charge in [0.2, 0.25) is 11.8 Å². The first-order valence-electron chi connectivity index (χ1n) is 15.6. The van der Waals surface area contributed by atoms with Gasteiger partial charge in [0.1, 0.15) is 17.2 Å². The van der Waals surface area contributed by atoms with Gasteiger partial charge in [0.15, 0.2) is 5.82 Å². The van der Waals surface area contributed by atoms with E-state index in [1.807, 2.05) is 0 Å². The van der Waals surface area contributed by atoms with Crippen LogP contribution >= 0.6 is 11.6 Å². The summed E-state index contributed by atoms with van der Waals surface area (Å²) in [6.07, 6.45) is -2.88. The minimum absolute atomic E-state index is 0.0456. The van der Waals surface area contributed by atoms with Gasteiger partial charge in [-0.25, -0.2) is 9.88 Å². The van der Waals surface area contributed by atoms with Crippen molar-refractivity contribution in [2.75, 3.05) is 24.1 Å². The number of amides is 4. The monoisotopic (exact) mass is 694 g/mol. The molecule has 14 heteroatoms. The van der Waals surface area contributed by atoms with Crippen molar-refractivity contribution in [3.63, 3.8) is 0 Å². The number of fused-ring (bicyclic) bond motifs is 4. The van der Waals surface area contributed by atoms with E-state index in [2.05, 4.69) is 4.98 Å². The lowest BCUT2D eigenvalue weighted by atomic mass is 9.51. The normalized spacial score (nSPS) is 27.9. The van der Waals surface area contributed by atoms with E-state index in [9.17, 15) is 37.5 Å². The molecule has 6 unspecified atom stereocenters. The Hall–Kier alpha value is -4.91. The lowest BCUT2D eigenvalue weighted by Crippen LogP contribution is -2.49. The fourth-order valence-electron chi connectivity index (χ4n) is 8.27. The molecule has 6 atom stereocenters. The number of ether oxygens (including phenoxy) is 1. The number of aromatic nitrogens is 1. The van der Waals surface area contributed by atoms with Crippen LogP contribution in [-0.2, 0) is 25.4 Å². The van der Waals surface area contributed by atoms with Crippen LogP contribution in [0.3, 0.4) is 0 Å². The number of hydrazine groups is 1. The summed E-state index contributed by atoms with van der Waals surface area (Å²) in [5.74, 6) is -6.98. The van der Waals surface area contributed by atoms with Crippen molar-refractivity contribution in [2.24, 2.45) is 29.1 Å². The third kappa shape index (κ3) is 4.72. The number of phenols is 1. The SMILES string of the molecule is COc1ccc(C2C3=CCC4C(=O)N(N(C)c5nc(C(F)(F)F)ccc5Cl)C(=O)C4C3CC3C(=O)N(c4ccccc4)C(=O)C32C)c(O)c1. The molecule has 0 spiro atoms. The Morgan fingerprint density at radius 2 is 1.71 bits per heavy atom. The Morgan fingerprint density at radius 1 is 1.00 bits per heavy atom. The zero-order valence-electron chi connectivity index (χ0n) is 26.4. The van der Waals surface area contributed by atoms with Crippen molar-refractivity contribution in [3.8, 4) is 11.5 Å². The summed E-state index contributed by atoms with van der Waals surface area (Å²) in [6.45, 7) is 1.70. The van der Waals surface area contributed by atoms with Crippen molar-refractivity contribution >= 4 is 46.7 Å². The van der Waals surface area contributed by atoms with Gasteiger partial charge in [0.25, 0.3) is 11.8 Å². The maximum absolute atomic E-state index is 14.5. The predicted octanol–water partition coefficient (Wildman–Crippen LogP) is 5.75. The third-order valence-electron chi connectivity index (χ3n) is 10.5. The minimum Gasteiger partial charge on any atom is -0.508 e. The van der Waals surface area contributed by atoms with Gasteiger partial charge in [0, 0.05) is 24.6 Å². The van der Waals surface area contributed by atoms with Crippen LogP contribution in [0.4, 0.5) is 24.7 Å². The molecule has 4 amide bonds. The second kappa shape index (κ2) is 11.3. The molecular weight excluding hydrogens is 665 g/mol. The highest BCUT2D eigenvalue weighted by Gasteiger charge is 2.68. The summed E-state index contributed by atoms with van der Waals surface area (Å²) in [4.78, 5) is 61.7. The number of anilines is 2. The Morgan fingerprint density at radius 3 is 2.37 bits per heavy atom. The van der Waals surface area contributed by atoms with E-state index in [0.29, 0.717) is 28.6 Å². The molecule has 1 aromatic heterocycles. The van der Waals surface area contributed by atoms with Crippen LogP contribution in [0.25, 0.3) is 0 Å². The molecule has 49 heavy (non-hydrogen) atoms. The molecule has 7 rings (SSSR count). The zero-order valence-corrected chi connectivity index (χ0v) is 27.2. The number of imide groups is 2. The molecule has 3 aromatic rings. The average Bonchev–Trinajstić information content (AvgIpc) is 3.44. The van der Waals surface area contributed by atoms with Gasteiger partial charge in [0.05, 0.1) is 41.0 Å². The first-order valence-corrected chi connectivity index (χ1v) is 15.9. The maximum atomic E-state index is 14.5. The van der Waals surface area contributed by atoms with Crippen LogP contribution in [0.1, 0.15) is 36.9 Å². The van der Waals surface area contributed by atoms with Gasteiger partial charge in [-0.2, -0.15) is 18.2 Å². The van der Waals surface area contributed by atoms with Crippen LogP contribution < -0.4 is 14.6 Å². The van der Waals surface area contributed by atoms with E-state index < -0.39 is 76.3 Å². The molecule has 3 heterocycles. The van der Waals surface area contributed by atoms with Crippen molar-refractivity contribution in [3.05, 3.63) is 88.6 Å². The van der Waals surface area contributed by atoms with Crippen LogP contribution in [0.15, 0.2) is 72.3 Å². The van der Waals surface area contributed by atoms with Crippen LogP contribution in [0.2, 0.25) is 5.02 Å². The molecule has 2 aliphatic carbocycles. The Kier molecular flexibility index (Phi) is 7.54. The summed E-state index contributed by atoms with van der Waals surface area (Å²) in [5, 5.41) is 12.8. The van der Waals surface area contributed by atoms with E-state index in [-0.39, 0.29) is 23.6 Å². The van der Waals surface area contributed by atoms with Crippen molar-refractivity contribution < 1.29 is 42.2 Å². The predicted molar refractivity (Wildman–Crippen MR) is 170 cm³/mol. The molecule has 0 radical (unpaired) electrons. The Labute approximate surface area is 283 Å². The highest BCUT2D eigenvalue weighted by atomic mass is 35.5. The van der Waals surface area contributed by atoms with Crippen molar-refractivity contribution in [1.82, 2.24) is 9.99 Å². The van der Waals surface area contributed by atoms with Gasteiger partial charge in [-0.15, -0.1) is 0 Å². The number of pyridine rings is 1. The summed E-state index contributed by atoms with van der Waals surface area (Å²) < 4.78 is 45.9. The third-order valence-corrected chi connectivity index (χ3v) is 10.8. The molecule has 0 bridgehead atoms. The lowest BCUT2D eigenvalue weighted by Gasteiger charge is -2.49. The van der Waals surface area contributed by atoms with Gasteiger partial charge in [-0.1, -0.05) is 47.5 Å². The number of phenolic OH excluding ortho intramolecular Hbond substituents is 1. The molecule has 2 saturated heterocycles. The lowest BCUT2D eigenvalue weighted by molar-refractivity contribution is -0.141. The number of aromatic hydroxyl groups is 1. The fraction of sp³-hybridized carbons (Fsp3) is 0.343. The van der Waals surface area contributed by atoms with E-state index in [1.165, 1.54) is 20.2 Å². The molecule has 4 aliphatic rings. The fourth-order valence-corrected chi connectivity index (χ4v) is 8.49. The topological polar surface area (TPSA) is 120 Å². The number of allylic oxidation sites excluding steroid dienone is 2. The van der Waals surface area contributed by atoms with E-state index in [0.717, 1.165) is 21.0 Å². The van der Waals surface area contributed by atoms with E-state index in [1.54, 1.807) is 55.5 Å². The number of carbonyl (C=O) groups excluding carboxylic acids is 4. The quantitative estimate of drug-likeness (QED) is 0.265. The summed E-state index contributed by atoms with van der Waals surface area (Å²) in [7, 11) is 2.68. The second-order valence-corrected chi connectivity index (χ2v) is 13.3. The highest BCUT2D eigenvalue weighted by Crippen LogP contribution is 2.64. The molecule has 3 fully saturated rings. The molecule has 1 N–H and O–H groups in total. The first-order chi connectivity index (χ1) is 23.2. The van der Waals surface area contributed by atoms with Gasteiger partial charge in [-0.3, -0.25) is 24.2 Å². The molecular formula is C35H30ClF3N4O6. The largest absolute Gasteiger partial charge is 0.508 e. The van der Waals surface area contributed by atoms with Gasteiger partial charge >= 0.3 is 6.18 Å². The Bertz CT molecular complexity index is 1950. The Balaban J connectivity index is 1.33. The summed E-state index contributed by atoms with van der Waals surface area (Å²) in [5.41, 5.74) is -1.28. The standard InChI is InChI=1S/C35H30ClF3N4O6/c1-34-23(31(46)42(33(34)48)17-7-5-4-6-8-17)16-22-19(28(34)20-10-9-18(49-3)15-25(20)44)11-12-21-27(22)32(47)43(30(21)45)41(2)29-24(36)13-14-26(40-29)35(37,38)39/h4-11,13-15,21-23,27-28,44H,12,16H2,1-3H3. The number of benzene rings is 2. The molecule has 1 saturated carbocycles. The number of alkyl halides is 3. The number of nitrogens with zero attached hydrogens (tertiary/aromatic N) is 4. The van der Waals surface area contributed by atoms with E-state index >= 15 is 0 Å². The molecule has 2 aromatic carbocycles. The summed E-state index contributed by atoms with van der Waals surface area (Å²) >= 11 is 6.23. The zero-order chi connectivity index (χ0) is 35.2. The number of carbonyl (C=O) groups is 4. The number of methoxy groups -OCH3 is 1. The molecule has 2 aliphatic heterocycles. The minimum atomic E-state index is -4.80. The van der Waals surface area contributed by atoms with Crippen molar-refractivity contribution in [2.45, 2.75) is 31.9 Å². The first kappa shape index (κ1) is 32.6. The number of hydrogen-bond acceptors (Lipinski definition) is 8. The van der Waals surface area contributed by atoms with Crippen LogP contribution in [-0.4, -0.2) is 52.9 Å². The number of hydrogen-bond donors (Lipinski definition) is 1. The van der Waals surface area contributed by atoms with Gasteiger partial charge in [-0.05, 0) is 56.0 Å². The number of rotatable bonds is 5. The highest BCUT2D eigenvalue weighted by molar-refractivity contribution is 6.33. The van der Waals surface area contributed by atoms with Crippen LogP contribution in [0, 0.1) is 29.1 Å². The average molecular weight is 695 g/mol. The van der Waals surface area contributed by atoms with Gasteiger partial charge < -0.3 is 9.84 Å². The molecule has 10 nitrogen and oxygen atoms in total. The van der Waals surface area contributed by atoms with Crippen molar-refractivity contribution in [1.29, 1.82) is 0 Å². The smallest absolute Gasteiger partial charge is 0.433 e. The van der Waals surface area contributed by atoms with E-state index in [4.69, 9.17) is 16.3 Å². The molecule has 254 valence electrons. The van der Waals surface area contributed by atoms with Crippen LogP contribution in [0.5, 0.6) is 11.5 Å². The summed E-state index contributed by atoms with van der Waals surface area (Å²) in [6, 6.07) is 14.8. The second-order valence-electron chi connectivity index (χ2n) is 12.9. The number of para-hydroxylation sites is 1.